The maximum atomic E-state index is 12.9. The largest absolute Gasteiger partial charge is 0.396 e. The van der Waals surface area contributed by atoms with Crippen molar-refractivity contribution in [1.29, 1.82) is 0 Å². The second-order valence-corrected chi connectivity index (χ2v) is 5.27. The number of hydrogen-bond acceptors (Lipinski definition) is 2. The van der Waals surface area contributed by atoms with Gasteiger partial charge in [-0.3, -0.25) is 0 Å². The summed E-state index contributed by atoms with van der Waals surface area (Å²) in [6.07, 6.45) is 0.796. The van der Waals surface area contributed by atoms with Gasteiger partial charge >= 0.3 is 0 Å². The molecule has 0 saturated heterocycles. The predicted molar refractivity (Wildman–Crippen MR) is 71.4 cm³/mol. The van der Waals surface area contributed by atoms with Crippen LogP contribution < -0.4 is 5.32 Å². The summed E-state index contributed by atoms with van der Waals surface area (Å²) in [5.41, 5.74) is 1.04. The SMILES string of the molecule is CC(CCO)CNC(C)c1ccc(F)cc1Br. The van der Waals surface area contributed by atoms with E-state index < -0.39 is 0 Å². The van der Waals surface area contributed by atoms with E-state index >= 15 is 0 Å². The van der Waals surface area contributed by atoms with Crippen molar-refractivity contribution in [2.24, 2.45) is 5.92 Å². The van der Waals surface area contributed by atoms with Gasteiger partial charge in [-0.2, -0.15) is 0 Å². The van der Waals surface area contributed by atoms with E-state index in [0.717, 1.165) is 23.0 Å². The van der Waals surface area contributed by atoms with Gasteiger partial charge in [0.25, 0.3) is 0 Å². The van der Waals surface area contributed by atoms with Crippen LogP contribution in [0.2, 0.25) is 0 Å². The fraction of sp³-hybridized carbons (Fsp3) is 0.538. The van der Waals surface area contributed by atoms with Crippen molar-refractivity contribution in [2.75, 3.05) is 13.2 Å². The van der Waals surface area contributed by atoms with E-state index in [9.17, 15) is 4.39 Å². The van der Waals surface area contributed by atoms with Crippen molar-refractivity contribution in [3.63, 3.8) is 0 Å². The summed E-state index contributed by atoms with van der Waals surface area (Å²) in [6, 6.07) is 4.89. The molecule has 4 heteroatoms. The maximum absolute atomic E-state index is 12.9. The number of benzene rings is 1. The fourth-order valence-corrected chi connectivity index (χ4v) is 2.36. The Labute approximate surface area is 110 Å². The van der Waals surface area contributed by atoms with Gasteiger partial charge in [0, 0.05) is 17.1 Å². The lowest BCUT2D eigenvalue weighted by molar-refractivity contribution is 0.258. The molecule has 0 bridgehead atoms. The van der Waals surface area contributed by atoms with Gasteiger partial charge in [0.05, 0.1) is 0 Å². The number of hydrogen-bond donors (Lipinski definition) is 2. The zero-order valence-corrected chi connectivity index (χ0v) is 11.8. The van der Waals surface area contributed by atoms with Crippen molar-refractivity contribution < 1.29 is 9.50 Å². The molecule has 0 aliphatic rings. The van der Waals surface area contributed by atoms with E-state index in [4.69, 9.17) is 5.11 Å². The summed E-state index contributed by atoms with van der Waals surface area (Å²) in [5.74, 6) is 0.197. The molecule has 17 heavy (non-hydrogen) atoms. The minimum absolute atomic E-state index is 0.158. The van der Waals surface area contributed by atoms with E-state index in [1.54, 1.807) is 6.07 Å². The standard InChI is InChI=1S/C13H19BrFNO/c1-9(5-6-17)8-16-10(2)12-4-3-11(15)7-13(12)14/h3-4,7,9-10,16-17H,5-6,8H2,1-2H3. The quantitative estimate of drug-likeness (QED) is 0.845. The molecule has 0 saturated carbocycles. The van der Waals surface area contributed by atoms with Crippen molar-refractivity contribution in [2.45, 2.75) is 26.3 Å². The van der Waals surface area contributed by atoms with Crippen LogP contribution in [-0.4, -0.2) is 18.3 Å². The normalized spacial score (nSPS) is 14.6. The summed E-state index contributed by atoms with van der Waals surface area (Å²) in [5, 5.41) is 12.2. The Hall–Kier alpha value is -0.450. The van der Waals surface area contributed by atoms with Crippen LogP contribution in [0.4, 0.5) is 4.39 Å². The van der Waals surface area contributed by atoms with Crippen LogP contribution in [-0.2, 0) is 0 Å². The van der Waals surface area contributed by atoms with Crippen LogP contribution in [0.3, 0.4) is 0 Å². The first-order valence-electron chi connectivity index (χ1n) is 5.83. The molecule has 96 valence electrons. The summed E-state index contributed by atoms with van der Waals surface area (Å²) in [6.45, 7) is 5.20. The molecule has 1 aromatic carbocycles. The van der Waals surface area contributed by atoms with Crippen molar-refractivity contribution in [3.05, 3.63) is 34.1 Å². The molecule has 0 heterocycles. The molecule has 1 aromatic rings. The average Bonchev–Trinajstić information content (AvgIpc) is 2.26. The lowest BCUT2D eigenvalue weighted by Crippen LogP contribution is -2.25. The third-order valence-corrected chi connectivity index (χ3v) is 3.51. The predicted octanol–water partition coefficient (Wildman–Crippen LogP) is 3.26. The third kappa shape index (κ3) is 4.74. The van der Waals surface area contributed by atoms with Gasteiger partial charge in [-0.25, -0.2) is 4.39 Å². The minimum atomic E-state index is -0.235. The summed E-state index contributed by atoms with van der Waals surface area (Å²) in [7, 11) is 0. The first-order chi connectivity index (χ1) is 8.04. The van der Waals surface area contributed by atoms with Gasteiger partial charge in [-0.15, -0.1) is 0 Å². The molecule has 2 atom stereocenters. The van der Waals surface area contributed by atoms with Crippen LogP contribution in [0.15, 0.2) is 22.7 Å². The van der Waals surface area contributed by atoms with Gasteiger partial charge in [0.1, 0.15) is 5.82 Å². The highest BCUT2D eigenvalue weighted by molar-refractivity contribution is 9.10. The zero-order chi connectivity index (χ0) is 12.8. The van der Waals surface area contributed by atoms with Gasteiger partial charge in [0.2, 0.25) is 0 Å². The molecule has 1 rings (SSSR count). The van der Waals surface area contributed by atoms with E-state index in [1.807, 2.05) is 6.92 Å². The molecular weight excluding hydrogens is 285 g/mol. The maximum Gasteiger partial charge on any atom is 0.124 e. The monoisotopic (exact) mass is 303 g/mol. The van der Waals surface area contributed by atoms with Crippen LogP contribution >= 0.6 is 15.9 Å². The van der Waals surface area contributed by atoms with Crippen LogP contribution in [0.5, 0.6) is 0 Å². The highest BCUT2D eigenvalue weighted by Crippen LogP contribution is 2.24. The smallest absolute Gasteiger partial charge is 0.124 e. The van der Waals surface area contributed by atoms with E-state index in [0.29, 0.717) is 5.92 Å². The Morgan fingerprint density at radius 1 is 1.41 bits per heavy atom. The summed E-state index contributed by atoms with van der Waals surface area (Å²) in [4.78, 5) is 0. The average molecular weight is 304 g/mol. The second kappa shape index (κ2) is 7.09. The van der Waals surface area contributed by atoms with Crippen molar-refractivity contribution >= 4 is 15.9 Å². The van der Waals surface area contributed by atoms with Crippen molar-refractivity contribution in [1.82, 2.24) is 5.32 Å². The first-order valence-corrected chi connectivity index (χ1v) is 6.63. The number of aliphatic hydroxyl groups excluding tert-OH is 1. The number of rotatable bonds is 6. The van der Waals surface area contributed by atoms with E-state index in [1.165, 1.54) is 12.1 Å². The van der Waals surface area contributed by atoms with E-state index in [-0.39, 0.29) is 18.5 Å². The molecule has 0 fully saturated rings. The molecule has 0 aromatic heterocycles. The molecule has 0 spiro atoms. The van der Waals surface area contributed by atoms with Gasteiger partial charge < -0.3 is 10.4 Å². The molecule has 0 radical (unpaired) electrons. The van der Waals surface area contributed by atoms with Gasteiger partial charge in [-0.05, 0) is 43.5 Å². The Bertz CT molecular complexity index is 359. The third-order valence-electron chi connectivity index (χ3n) is 2.82. The summed E-state index contributed by atoms with van der Waals surface area (Å²) < 4.78 is 13.7. The minimum Gasteiger partial charge on any atom is -0.396 e. The molecule has 2 N–H and O–H groups in total. The molecule has 0 aliphatic heterocycles. The highest BCUT2D eigenvalue weighted by atomic mass is 79.9. The molecule has 0 aliphatic carbocycles. The number of nitrogens with one attached hydrogen (secondary N) is 1. The molecular formula is C13H19BrFNO. The zero-order valence-electron chi connectivity index (χ0n) is 10.2. The Balaban J connectivity index is 2.54. The Kier molecular flexibility index (Phi) is 6.09. The van der Waals surface area contributed by atoms with E-state index in [2.05, 4.69) is 28.2 Å². The Morgan fingerprint density at radius 2 is 2.12 bits per heavy atom. The van der Waals surface area contributed by atoms with Crippen LogP contribution in [0, 0.1) is 11.7 Å². The van der Waals surface area contributed by atoms with Crippen LogP contribution in [0.1, 0.15) is 31.9 Å². The van der Waals surface area contributed by atoms with Crippen molar-refractivity contribution in [3.8, 4) is 0 Å². The summed E-state index contributed by atoms with van der Waals surface area (Å²) >= 11 is 3.37. The number of aliphatic hydroxyl groups is 1. The van der Waals surface area contributed by atoms with Gasteiger partial charge in [0.15, 0.2) is 0 Å². The first kappa shape index (κ1) is 14.6. The lowest BCUT2D eigenvalue weighted by Gasteiger charge is -2.18. The topological polar surface area (TPSA) is 32.3 Å². The fourth-order valence-electron chi connectivity index (χ4n) is 1.66. The number of halogens is 2. The van der Waals surface area contributed by atoms with Crippen LogP contribution in [0.25, 0.3) is 0 Å². The highest BCUT2D eigenvalue weighted by Gasteiger charge is 2.10. The molecule has 0 amide bonds. The Morgan fingerprint density at radius 3 is 2.71 bits per heavy atom. The second-order valence-electron chi connectivity index (χ2n) is 4.41. The molecule has 2 nitrogen and oxygen atoms in total. The van der Waals surface area contributed by atoms with Gasteiger partial charge in [-0.1, -0.05) is 28.9 Å². The lowest BCUT2D eigenvalue weighted by atomic mass is 10.1. The molecule has 2 unspecified atom stereocenters.